The number of hydrogen-bond acceptors (Lipinski definition) is 8. The van der Waals surface area contributed by atoms with Crippen molar-refractivity contribution in [3.05, 3.63) is 34.4 Å². The van der Waals surface area contributed by atoms with Gasteiger partial charge in [0.2, 0.25) is 0 Å². The van der Waals surface area contributed by atoms with Crippen molar-refractivity contribution in [3.63, 3.8) is 0 Å². The zero-order chi connectivity index (χ0) is 20.5. The zero-order valence-corrected chi connectivity index (χ0v) is 14.8. The topological polar surface area (TPSA) is 156 Å². The van der Waals surface area contributed by atoms with Gasteiger partial charge >= 0.3 is 0 Å². The molecule has 0 atom stereocenters. The molecule has 0 radical (unpaired) electrons. The Morgan fingerprint density at radius 3 is 1.30 bits per heavy atom. The number of aromatic hydroxyl groups is 6. The summed E-state index contributed by atoms with van der Waals surface area (Å²) in [4.78, 5) is 23.9. The van der Waals surface area contributed by atoms with Crippen molar-refractivity contribution in [1.82, 2.24) is 0 Å². The van der Waals surface area contributed by atoms with E-state index in [1.54, 1.807) is 0 Å². The second kappa shape index (κ2) is 7.45. The number of benzene rings is 2. The molecule has 0 aliphatic heterocycles. The molecule has 2 rings (SSSR count). The molecular formula is C19H20O8. The van der Waals surface area contributed by atoms with Crippen LogP contribution in [0.4, 0.5) is 0 Å². The molecule has 6 N–H and O–H groups in total. The number of phenols is 6. The van der Waals surface area contributed by atoms with E-state index in [4.69, 9.17) is 0 Å². The highest BCUT2D eigenvalue weighted by Crippen LogP contribution is 2.44. The lowest BCUT2D eigenvalue weighted by Crippen LogP contribution is -2.04. The van der Waals surface area contributed by atoms with Crippen LogP contribution >= 0.6 is 0 Å². The molecule has 0 heterocycles. The minimum atomic E-state index is -0.699. The Kier molecular flexibility index (Phi) is 5.49. The average molecular weight is 376 g/mol. The maximum atomic E-state index is 12.0. The Labute approximate surface area is 154 Å². The summed E-state index contributed by atoms with van der Waals surface area (Å²) in [6.45, 7) is 3.04. The first-order chi connectivity index (χ1) is 12.6. The molecule has 8 nitrogen and oxygen atoms in total. The Bertz CT molecular complexity index is 855. The van der Waals surface area contributed by atoms with Crippen molar-refractivity contribution in [3.8, 4) is 34.5 Å². The molecular weight excluding hydrogens is 356 g/mol. The van der Waals surface area contributed by atoms with E-state index in [2.05, 4.69) is 0 Å². The third kappa shape index (κ3) is 3.46. The highest BCUT2D eigenvalue weighted by atomic mass is 16.3. The maximum Gasteiger partial charge on any atom is 0.170 e. The monoisotopic (exact) mass is 376 g/mol. The number of hydrogen-bond donors (Lipinski definition) is 6. The van der Waals surface area contributed by atoms with Gasteiger partial charge in [-0.3, -0.25) is 9.59 Å². The predicted octanol–water partition coefficient (Wildman–Crippen LogP) is 2.70. The first kappa shape index (κ1) is 19.9. The lowest BCUT2D eigenvalue weighted by molar-refractivity contribution is 0.0974. The van der Waals surface area contributed by atoms with Crippen LogP contribution in [0, 0.1) is 0 Å². The fraction of sp³-hybridized carbons (Fsp3) is 0.263. The molecule has 0 unspecified atom stereocenters. The number of phenolic OH excluding ortho intramolecular Hbond substituents is 6. The molecule has 144 valence electrons. The van der Waals surface area contributed by atoms with Crippen LogP contribution in [0.2, 0.25) is 0 Å². The Morgan fingerprint density at radius 2 is 1.00 bits per heavy atom. The highest BCUT2D eigenvalue weighted by molar-refractivity contribution is 6.02. The largest absolute Gasteiger partial charge is 0.507 e. The fourth-order valence-corrected chi connectivity index (χ4v) is 2.79. The summed E-state index contributed by atoms with van der Waals surface area (Å²) >= 11 is 0. The van der Waals surface area contributed by atoms with Crippen molar-refractivity contribution >= 4 is 11.6 Å². The SMILES string of the molecule is CCC(=O)c1c(O)cc(O)c(Cc2c(O)cc(O)c(C(=O)CC)c2O)c1O. The van der Waals surface area contributed by atoms with Gasteiger partial charge in [-0.1, -0.05) is 13.8 Å². The average Bonchev–Trinajstić information content (AvgIpc) is 2.59. The number of carbonyl (C=O) groups is 2. The number of Topliss-reactive ketones (excluding diaryl/α,β-unsaturated/α-hetero) is 2. The van der Waals surface area contributed by atoms with Gasteiger partial charge in [0.1, 0.15) is 45.6 Å². The van der Waals surface area contributed by atoms with E-state index in [-0.39, 0.29) is 24.0 Å². The van der Waals surface area contributed by atoms with Gasteiger partial charge < -0.3 is 30.6 Å². The normalized spacial score (nSPS) is 10.7. The van der Waals surface area contributed by atoms with Gasteiger partial charge in [-0.25, -0.2) is 0 Å². The summed E-state index contributed by atoms with van der Waals surface area (Å²) in [6.07, 6.45) is -0.504. The fourth-order valence-electron chi connectivity index (χ4n) is 2.79. The number of carbonyl (C=O) groups excluding carboxylic acids is 2. The molecule has 0 aliphatic rings. The van der Waals surface area contributed by atoms with E-state index < -0.39 is 63.6 Å². The summed E-state index contributed by atoms with van der Waals surface area (Å²) in [5, 5.41) is 60.5. The number of rotatable bonds is 6. The van der Waals surface area contributed by atoms with Crippen LogP contribution in [0.1, 0.15) is 58.5 Å². The Balaban J connectivity index is 2.68. The molecule has 0 saturated carbocycles. The van der Waals surface area contributed by atoms with E-state index in [1.165, 1.54) is 13.8 Å². The molecule has 0 bridgehead atoms. The third-order valence-corrected chi connectivity index (χ3v) is 4.28. The lowest BCUT2D eigenvalue weighted by atomic mass is 9.93. The number of ketones is 2. The standard InChI is InChI=1S/C19H20O8/c1-3-10(20)16-14(24)6-12(22)8(18(16)26)5-9-13(23)7-15(25)17(19(9)27)11(21)4-2/h6-7,22-27H,3-5H2,1-2H3. The quantitative estimate of drug-likeness (QED) is 0.420. The second-order valence-electron chi connectivity index (χ2n) is 5.96. The van der Waals surface area contributed by atoms with Crippen molar-refractivity contribution in [2.75, 3.05) is 0 Å². The molecule has 0 amide bonds. The molecule has 2 aromatic carbocycles. The second-order valence-corrected chi connectivity index (χ2v) is 5.96. The maximum absolute atomic E-state index is 12.0. The van der Waals surface area contributed by atoms with Gasteiger partial charge in [0.25, 0.3) is 0 Å². The van der Waals surface area contributed by atoms with E-state index in [1.807, 2.05) is 0 Å². The first-order valence-corrected chi connectivity index (χ1v) is 8.23. The summed E-state index contributed by atoms with van der Waals surface area (Å²) < 4.78 is 0. The summed E-state index contributed by atoms with van der Waals surface area (Å²) in [6, 6.07) is 1.73. The van der Waals surface area contributed by atoms with Crippen molar-refractivity contribution in [2.24, 2.45) is 0 Å². The van der Waals surface area contributed by atoms with Crippen LogP contribution in [-0.4, -0.2) is 42.2 Å². The predicted molar refractivity (Wildman–Crippen MR) is 94.9 cm³/mol. The van der Waals surface area contributed by atoms with Gasteiger partial charge in [0.05, 0.1) is 0 Å². The van der Waals surface area contributed by atoms with Gasteiger partial charge in [-0.15, -0.1) is 0 Å². The van der Waals surface area contributed by atoms with Crippen LogP contribution in [0.3, 0.4) is 0 Å². The van der Waals surface area contributed by atoms with Gasteiger partial charge in [0, 0.05) is 42.5 Å². The smallest absolute Gasteiger partial charge is 0.170 e. The Morgan fingerprint density at radius 1 is 0.667 bits per heavy atom. The molecule has 0 saturated heterocycles. The van der Waals surface area contributed by atoms with Gasteiger partial charge in [-0.2, -0.15) is 0 Å². The molecule has 0 fully saturated rings. The van der Waals surface area contributed by atoms with Crippen LogP contribution in [0.25, 0.3) is 0 Å². The van der Waals surface area contributed by atoms with Crippen LogP contribution < -0.4 is 0 Å². The van der Waals surface area contributed by atoms with Gasteiger partial charge in [-0.05, 0) is 0 Å². The van der Waals surface area contributed by atoms with E-state index >= 15 is 0 Å². The summed E-state index contributed by atoms with van der Waals surface area (Å²) in [7, 11) is 0. The Hall–Kier alpha value is -3.42. The summed E-state index contributed by atoms with van der Waals surface area (Å²) in [5.74, 6) is -4.92. The van der Waals surface area contributed by atoms with Crippen molar-refractivity contribution < 1.29 is 40.2 Å². The minimum absolute atomic E-state index is 0.0177. The lowest BCUT2D eigenvalue weighted by Gasteiger charge is -2.16. The molecule has 0 aliphatic carbocycles. The summed E-state index contributed by atoms with van der Waals surface area (Å²) in [5.41, 5.74) is -1.27. The first-order valence-electron chi connectivity index (χ1n) is 8.23. The minimum Gasteiger partial charge on any atom is -0.507 e. The van der Waals surface area contributed by atoms with Crippen LogP contribution in [0.5, 0.6) is 34.5 Å². The zero-order valence-electron chi connectivity index (χ0n) is 14.8. The molecule has 0 aromatic heterocycles. The van der Waals surface area contributed by atoms with Crippen molar-refractivity contribution in [1.29, 1.82) is 0 Å². The molecule has 27 heavy (non-hydrogen) atoms. The van der Waals surface area contributed by atoms with E-state index in [0.29, 0.717) is 0 Å². The van der Waals surface area contributed by atoms with Crippen molar-refractivity contribution in [2.45, 2.75) is 33.1 Å². The molecule has 8 heteroatoms. The van der Waals surface area contributed by atoms with Crippen LogP contribution in [-0.2, 0) is 6.42 Å². The molecule has 0 spiro atoms. The highest BCUT2D eigenvalue weighted by Gasteiger charge is 2.26. The van der Waals surface area contributed by atoms with E-state index in [9.17, 15) is 40.2 Å². The molecule has 2 aromatic rings. The van der Waals surface area contributed by atoms with Gasteiger partial charge in [0.15, 0.2) is 11.6 Å². The van der Waals surface area contributed by atoms with E-state index in [0.717, 1.165) is 12.1 Å². The van der Waals surface area contributed by atoms with Crippen LogP contribution in [0.15, 0.2) is 12.1 Å². The third-order valence-electron chi connectivity index (χ3n) is 4.28.